The zero-order chi connectivity index (χ0) is 20.3. The van der Waals surface area contributed by atoms with Crippen molar-refractivity contribution in [2.24, 2.45) is 0 Å². The average molecular weight is 381 g/mol. The number of esters is 1. The van der Waals surface area contributed by atoms with Gasteiger partial charge < -0.3 is 10.1 Å². The lowest BCUT2D eigenvalue weighted by Gasteiger charge is -2.21. The molecule has 1 saturated carbocycles. The first-order valence-electron chi connectivity index (χ1n) is 8.91. The van der Waals surface area contributed by atoms with Crippen molar-refractivity contribution in [2.75, 3.05) is 13.2 Å². The first kappa shape index (κ1) is 19.3. The fraction of sp³-hybridized carbons (Fsp3) is 0.350. The zero-order valence-corrected chi connectivity index (χ0v) is 15.2. The number of rotatable bonds is 6. The normalized spacial score (nSPS) is 17.0. The molecule has 8 nitrogen and oxygen atoms in total. The molecule has 0 aromatic heterocycles. The number of ether oxygens (including phenoxy) is 1. The van der Waals surface area contributed by atoms with Crippen molar-refractivity contribution in [2.45, 2.75) is 31.2 Å². The predicted molar refractivity (Wildman–Crippen MR) is 97.2 cm³/mol. The molecule has 1 fully saturated rings. The lowest BCUT2D eigenvalue weighted by atomic mass is 10.00. The maximum Gasteiger partial charge on any atom is 0.338 e. The summed E-state index contributed by atoms with van der Waals surface area (Å²) in [7, 11) is 0. The molecule has 0 atom stereocenters. The third kappa shape index (κ3) is 3.51. The highest BCUT2D eigenvalue weighted by atomic mass is 16.5. The first-order valence-corrected chi connectivity index (χ1v) is 8.91. The summed E-state index contributed by atoms with van der Waals surface area (Å²) in [6.45, 7) is 3.06. The van der Waals surface area contributed by atoms with Crippen molar-refractivity contribution in [3.63, 3.8) is 0 Å². The summed E-state index contributed by atoms with van der Waals surface area (Å²) in [5.41, 5.74) is -0.513. The van der Waals surface area contributed by atoms with Gasteiger partial charge in [-0.1, -0.05) is 6.08 Å². The zero-order valence-electron chi connectivity index (χ0n) is 15.2. The van der Waals surface area contributed by atoms with Gasteiger partial charge in [-0.25, -0.2) is 4.79 Å². The van der Waals surface area contributed by atoms with Crippen molar-refractivity contribution in [1.82, 2.24) is 10.2 Å². The molecule has 1 aliphatic heterocycles. The van der Waals surface area contributed by atoms with Crippen LogP contribution in [0.1, 0.15) is 56.8 Å². The summed E-state index contributed by atoms with van der Waals surface area (Å²) in [6, 6.07) is 6.17. The van der Waals surface area contributed by atoms with Gasteiger partial charge in [0.2, 0.25) is 0 Å². The fourth-order valence-corrected chi connectivity index (χ4v) is 3.47. The van der Waals surface area contributed by atoms with Crippen molar-refractivity contribution in [3.05, 3.63) is 47.5 Å². The minimum Gasteiger partial charge on any atom is -0.452 e. The molecule has 1 aromatic rings. The third-order valence-electron chi connectivity index (χ3n) is 4.90. The molecule has 1 aromatic carbocycles. The van der Waals surface area contributed by atoms with Crippen LogP contribution in [0.4, 0.5) is 0 Å². The standard InChI is InChI=1S/C20H19N3O5/c1-2-9-23-17(25)14-6-5-13(10-15(14)18(23)26)19(27)28-11-16(24)22-20(12-21)7-3-4-8-20/h2,5-6,10H,1,3-4,7-9,11H2,(H,22,24). The predicted octanol–water partition coefficient (Wildman–Crippen LogP) is 1.58. The molecular formula is C20H19N3O5. The van der Waals surface area contributed by atoms with E-state index < -0.39 is 35.8 Å². The molecule has 1 aliphatic carbocycles. The molecule has 0 spiro atoms. The number of nitrogens with zero attached hydrogens (tertiary/aromatic N) is 2. The van der Waals surface area contributed by atoms with Crippen LogP contribution in [0.25, 0.3) is 0 Å². The minimum atomic E-state index is -0.890. The number of hydrogen-bond donors (Lipinski definition) is 1. The van der Waals surface area contributed by atoms with Crippen LogP contribution in [-0.2, 0) is 9.53 Å². The van der Waals surface area contributed by atoms with Crippen LogP contribution in [0.3, 0.4) is 0 Å². The van der Waals surface area contributed by atoms with Gasteiger partial charge in [0.05, 0.1) is 22.8 Å². The lowest BCUT2D eigenvalue weighted by molar-refractivity contribution is -0.125. The summed E-state index contributed by atoms with van der Waals surface area (Å²) in [4.78, 5) is 49.8. The van der Waals surface area contributed by atoms with Crippen LogP contribution < -0.4 is 5.32 Å². The van der Waals surface area contributed by atoms with E-state index in [4.69, 9.17) is 4.74 Å². The van der Waals surface area contributed by atoms with Crippen LogP contribution in [0, 0.1) is 11.3 Å². The highest BCUT2D eigenvalue weighted by Crippen LogP contribution is 2.29. The van der Waals surface area contributed by atoms with Crippen molar-refractivity contribution >= 4 is 23.7 Å². The summed E-state index contributed by atoms with van der Waals surface area (Å²) < 4.78 is 5.00. The molecule has 0 radical (unpaired) electrons. The van der Waals surface area contributed by atoms with E-state index in [-0.39, 0.29) is 23.2 Å². The molecule has 0 saturated heterocycles. The maximum absolute atomic E-state index is 12.3. The largest absolute Gasteiger partial charge is 0.452 e. The number of carbonyl (C=O) groups is 4. The van der Waals surface area contributed by atoms with E-state index in [1.807, 2.05) is 0 Å². The van der Waals surface area contributed by atoms with Gasteiger partial charge >= 0.3 is 5.97 Å². The Morgan fingerprint density at radius 1 is 1.25 bits per heavy atom. The highest BCUT2D eigenvalue weighted by molar-refractivity contribution is 6.22. The molecule has 0 unspecified atom stereocenters. The van der Waals surface area contributed by atoms with Gasteiger partial charge in [0.15, 0.2) is 6.61 Å². The second-order valence-corrected chi connectivity index (χ2v) is 6.80. The van der Waals surface area contributed by atoms with Crippen LogP contribution in [-0.4, -0.2) is 47.3 Å². The number of amides is 3. The smallest absolute Gasteiger partial charge is 0.338 e. The Bertz CT molecular complexity index is 909. The second kappa shape index (κ2) is 7.64. The van der Waals surface area contributed by atoms with Gasteiger partial charge in [-0.2, -0.15) is 5.26 Å². The first-order chi connectivity index (χ1) is 13.4. The van der Waals surface area contributed by atoms with Gasteiger partial charge in [0.1, 0.15) is 5.54 Å². The average Bonchev–Trinajstić information content (AvgIpc) is 3.25. The van der Waals surface area contributed by atoms with E-state index in [1.54, 1.807) is 0 Å². The van der Waals surface area contributed by atoms with Gasteiger partial charge in [-0.05, 0) is 43.9 Å². The number of imide groups is 1. The molecule has 28 heavy (non-hydrogen) atoms. The number of nitrogens with one attached hydrogen (secondary N) is 1. The molecule has 1 N–H and O–H groups in total. The molecule has 144 valence electrons. The SMILES string of the molecule is C=CCN1C(=O)c2ccc(C(=O)OCC(=O)NC3(C#N)CCCC3)cc2C1=O. The van der Waals surface area contributed by atoms with Gasteiger partial charge in [0.25, 0.3) is 17.7 Å². The second-order valence-electron chi connectivity index (χ2n) is 6.80. The minimum absolute atomic E-state index is 0.0593. The van der Waals surface area contributed by atoms with E-state index in [0.29, 0.717) is 12.8 Å². The maximum atomic E-state index is 12.3. The van der Waals surface area contributed by atoms with E-state index >= 15 is 0 Å². The van der Waals surface area contributed by atoms with Crippen LogP contribution >= 0.6 is 0 Å². The van der Waals surface area contributed by atoms with Crippen molar-refractivity contribution in [3.8, 4) is 6.07 Å². The molecule has 0 bridgehead atoms. The van der Waals surface area contributed by atoms with Crippen LogP contribution in [0.15, 0.2) is 30.9 Å². The van der Waals surface area contributed by atoms with Gasteiger partial charge in [-0.3, -0.25) is 19.3 Å². The lowest BCUT2D eigenvalue weighted by Crippen LogP contribution is -2.46. The Hall–Kier alpha value is -3.47. The monoisotopic (exact) mass is 381 g/mol. The van der Waals surface area contributed by atoms with Crippen molar-refractivity contribution < 1.29 is 23.9 Å². The molecule has 3 amide bonds. The van der Waals surface area contributed by atoms with Crippen LogP contribution in [0.2, 0.25) is 0 Å². The summed E-state index contributed by atoms with van der Waals surface area (Å²) in [5.74, 6) is -2.30. The Morgan fingerprint density at radius 2 is 1.93 bits per heavy atom. The summed E-state index contributed by atoms with van der Waals surface area (Å²) >= 11 is 0. The van der Waals surface area contributed by atoms with Crippen molar-refractivity contribution in [1.29, 1.82) is 5.26 Å². The summed E-state index contributed by atoms with van der Waals surface area (Å²) in [5, 5.41) is 11.9. The van der Waals surface area contributed by atoms with E-state index in [0.717, 1.165) is 17.7 Å². The molecular weight excluding hydrogens is 362 g/mol. The Morgan fingerprint density at radius 3 is 2.57 bits per heavy atom. The number of carbonyl (C=O) groups excluding carboxylic acids is 4. The fourth-order valence-electron chi connectivity index (χ4n) is 3.47. The number of benzene rings is 1. The molecule has 1 heterocycles. The number of nitriles is 1. The Balaban J connectivity index is 1.64. The van der Waals surface area contributed by atoms with E-state index in [1.165, 1.54) is 24.3 Å². The topological polar surface area (TPSA) is 117 Å². The molecule has 8 heteroatoms. The highest BCUT2D eigenvalue weighted by Gasteiger charge is 2.36. The summed E-state index contributed by atoms with van der Waals surface area (Å²) in [6.07, 6.45) is 4.31. The van der Waals surface area contributed by atoms with Gasteiger partial charge in [-0.15, -0.1) is 6.58 Å². The van der Waals surface area contributed by atoms with Crippen LogP contribution in [0.5, 0.6) is 0 Å². The van der Waals surface area contributed by atoms with Gasteiger partial charge in [0, 0.05) is 6.54 Å². The Kier molecular flexibility index (Phi) is 5.27. The molecule has 2 aliphatic rings. The third-order valence-corrected chi connectivity index (χ3v) is 4.90. The Labute approximate surface area is 161 Å². The number of hydrogen-bond acceptors (Lipinski definition) is 6. The number of fused-ring (bicyclic) bond motifs is 1. The van der Waals surface area contributed by atoms with E-state index in [9.17, 15) is 24.4 Å². The van der Waals surface area contributed by atoms with E-state index in [2.05, 4.69) is 18.0 Å². The quantitative estimate of drug-likeness (QED) is 0.454. The molecule has 3 rings (SSSR count).